The summed E-state index contributed by atoms with van der Waals surface area (Å²) in [6, 6.07) is 17.1. The predicted octanol–water partition coefficient (Wildman–Crippen LogP) is 7.18. The molecule has 34 heavy (non-hydrogen) atoms. The second-order valence-corrected chi connectivity index (χ2v) is 10.2. The lowest BCUT2D eigenvalue weighted by Gasteiger charge is -2.15. The van der Waals surface area contributed by atoms with E-state index in [1.54, 1.807) is 6.08 Å². The fraction of sp³-hybridized carbons (Fsp3) is 0.154. The summed E-state index contributed by atoms with van der Waals surface area (Å²) in [4.78, 5) is 16.9. The summed E-state index contributed by atoms with van der Waals surface area (Å²) in [6.07, 6.45) is 1.70. The molecule has 0 atom stereocenters. The molecule has 0 fully saturated rings. The zero-order valence-corrected chi connectivity index (χ0v) is 23.5. The number of aliphatic imine (C=N–C) groups is 1. The first kappa shape index (κ1) is 25.0. The number of hydrogen-bond donors (Lipinski definition) is 0. The van der Waals surface area contributed by atoms with Crippen LogP contribution in [0.3, 0.4) is 0 Å². The Hall–Kier alpha value is -2.11. The number of halogens is 3. The molecule has 4 rings (SSSR count). The average molecular weight is 700 g/mol. The Labute approximate surface area is 230 Å². The van der Waals surface area contributed by atoms with Gasteiger partial charge in [-0.2, -0.15) is 0 Å². The Morgan fingerprint density at radius 2 is 1.79 bits per heavy atom. The van der Waals surface area contributed by atoms with Gasteiger partial charge in [-0.05, 0) is 124 Å². The summed E-state index contributed by atoms with van der Waals surface area (Å²) in [5.74, 6) is 1.06. The standard InChI is InChI=1S/C26H20ClI2NO4/c1-3-32-23-13-17(11-21(29)24(23)33-14-16-4-7-19(27)8-5-16)12-22-26(31)34-25(30-22)18-6-9-20(28)15(2)10-18/h4-13H,3,14H2,1-2H3/b22-12-. The highest BCUT2D eigenvalue weighted by atomic mass is 127. The van der Waals surface area contributed by atoms with E-state index in [4.69, 9.17) is 25.8 Å². The topological polar surface area (TPSA) is 57.1 Å². The maximum Gasteiger partial charge on any atom is 0.363 e. The van der Waals surface area contributed by atoms with E-state index in [-0.39, 0.29) is 5.70 Å². The Bertz CT molecular complexity index is 1300. The van der Waals surface area contributed by atoms with Crippen LogP contribution in [0.5, 0.6) is 11.5 Å². The lowest BCUT2D eigenvalue weighted by molar-refractivity contribution is -0.129. The third-order valence-corrected chi connectivity index (χ3v) is 7.22. The van der Waals surface area contributed by atoms with Crippen LogP contribution < -0.4 is 9.47 Å². The summed E-state index contributed by atoms with van der Waals surface area (Å²) in [5, 5.41) is 0.680. The molecule has 1 aliphatic rings. The van der Waals surface area contributed by atoms with Gasteiger partial charge in [0.1, 0.15) is 6.61 Å². The number of benzene rings is 3. The minimum Gasteiger partial charge on any atom is -0.490 e. The fourth-order valence-electron chi connectivity index (χ4n) is 3.28. The van der Waals surface area contributed by atoms with Crippen LogP contribution >= 0.6 is 56.8 Å². The highest BCUT2D eigenvalue weighted by Crippen LogP contribution is 2.36. The van der Waals surface area contributed by atoms with Gasteiger partial charge < -0.3 is 14.2 Å². The van der Waals surface area contributed by atoms with Gasteiger partial charge in [-0.15, -0.1) is 0 Å². The first-order valence-corrected chi connectivity index (χ1v) is 13.0. The Balaban J connectivity index is 1.61. The van der Waals surface area contributed by atoms with E-state index in [0.29, 0.717) is 35.6 Å². The zero-order valence-electron chi connectivity index (χ0n) is 18.4. The van der Waals surface area contributed by atoms with Crippen LogP contribution in [0.25, 0.3) is 6.08 Å². The maximum atomic E-state index is 12.5. The number of ether oxygens (including phenoxy) is 3. The number of esters is 1. The fourth-order valence-corrected chi connectivity index (χ4v) is 4.52. The van der Waals surface area contributed by atoms with Gasteiger partial charge in [-0.25, -0.2) is 9.79 Å². The van der Waals surface area contributed by atoms with Gasteiger partial charge in [0.15, 0.2) is 17.2 Å². The largest absolute Gasteiger partial charge is 0.490 e. The number of aryl methyl sites for hydroxylation is 1. The summed E-state index contributed by atoms with van der Waals surface area (Å²) in [6.45, 7) is 4.77. The van der Waals surface area contributed by atoms with Gasteiger partial charge in [0.05, 0.1) is 10.2 Å². The van der Waals surface area contributed by atoms with Crippen molar-refractivity contribution in [2.24, 2.45) is 4.99 Å². The van der Waals surface area contributed by atoms with E-state index < -0.39 is 5.97 Å². The molecule has 0 saturated carbocycles. The number of carbonyl (C=O) groups excluding carboxylic acids is 1. The smallest absolute Gasteiger partial charge is 0.363 e. The monoisotopic (exact) mass is 699 g/mol. The molecule has 3 aromatic rings. The zero-order chi connectivity index (χ0) is 24.2. The minimum absolute atomic E-state index is 0.235. The second kappa shape index (κ2) is 11.1. The second-order valence-electron chi connectivity index (χ2n) is 7.48. The summed E-state index contributed by atoms with van der Waals surface area (Å²) in [5.41, 5.74) is 3.86. The third kappa shape index (κ3) is 5.92. The molecule has 1 heterocycles. The molecule has 5 nitrogen and oxygen atoms in total. The van der Waals surface area contributed by atoms with Crippen molar-refractivity contribution in [1.29, 1.82) is 0 Å². The highest BCUT2D eigenvalue weighted by Gasteiger charge is 2.25. The molecule has 0 N–H and O–H groups in total. The van der Waals surface area contributed by atoms with Crippen molar-refractivity contribution in [2.45, 2.75) is 20.5 Å². The van der Waals surface area contributed by atoms with E-state index >= 15 is 0 Å². The summed E-state index contributed by atoms with van der Waals surface area (Å²) < 4.78 is 19.3. The molecule has 0 spiro atoms. The van der Waals surface area contributed by atoms with Crippen LogP contribution in [-0.4, -0.2) is 18.5 Å². The molecular weight excluding hydrogens is 680 g/mol. The molecule has 0 radical (unpaired) electrons. The van der Waals surface area contributed by atoms with Crippen LogP contribution in [0, 0.1) is 14.1 Å². The number of rotatable bonds is 7. The SMILES string of the molecule is CCOc1cc(/C=C2\N=C(c3ccc(I)c(C)c3)OC2=O)cc(I)c1OCc1ccc(Cl)cc1. The summed E-state index contributed by atoms with van der Waals surface area (Å²) >= 11 is 10.4. The first-order chi connectivity index (χ1) is 16.3. The van der Waals surface area contributed by atoms with Crippen LogP contribution in [0.15, 0.2) is 65.3 Å². The number of carbonyl (C=O) groups is 1. The molecule has 0 saturated heterocycles. The van der Waals surface area contributed by atoms with Gasteiger partial charge in [0, 0.05) is 14.2 Å². The molecule has 1 aliphatic heterocycles. The maximum absolute atomic E-state index is 12.5. The van der Waals surface area contributed by atoms with Crippen molar-refractivity contribution in [3.63, 3.8) is 0 Å². The molecule has 0 bridgehead atoms. The third-order valence-electron chi connectivity index (χ3n) is 4.96. The van der Waals surface area contributed by atoms with Crippen molar-refractivity contribution in [2.75, 3.05) is 6.61 Å². The lowest BCUT2D eigenvalue weighted by Crippen LogP contribution is -2.06. The first-order valence-electron chi connectivity index (χ1n) is 10.5. The molecule has 0 unspecified atom stereocenters. The predicted molar refractivity (Wildman–Crippen MR) is 151 cm³/mol. The molecule has 0 aromatic heterocycles. The van der Waals surface area contributed by atoms with Gasteiger partial charge in [-0.3, -0.25) is 0 Å². The Morgan fingerprint density at radius 1 is 1.03 bits per heavy atom. The lowest BCUT2D eigenvalue weighted by atomic mass is 10.1. The number of nitrogens with zero attached hydrogens (tertiary/aromatic N) is 1. The Morgan fingerprint density at radius 3 is 2.50 bits per heavy atom. The van der Waals surface area contributed by atoms with Crippen molar-refractivity contribution < 1.29 is 19.0 Å². The molecule has 0 amide bonds. The minimum atomic E-state index is -0.484. The summed E-state index contributed by atoms with van der Waals surface area (Å²) in [7, 11) is 0. The molecule has 0 aliphatic carbocycles. The highest BCUT2D eigenvalue weighted by molar-refractivity contribution is 14.1. The number of hydrogen-bond acceptors (Lipinski definition) is 5. The van der Waals surface area contributed by atoms with Crippen molar-refractivity contribution in [3.05, 3.63) is 94.7 Å². The van der Waals surface area contributed by atoms with E-state index in [1.165, 1.54) is 0 Å². The average Bonchev–Trinajstić information content (AvgIpc) is 3.16. The van der Waals surface area contributed by atoms with E-state index in [0.717, 1.165) is 29.4 Å². The van der Waals surface area contributed by atoms with Crippen LogP contribution in [0.1, 0.15) is 29.2 Å². The van der Waals surface area contributed by atoms with Gasteiger partial charge in [-0.1, -0.05) is 23.7 Å². The number of cyclic esters (lactones) is 1. The van der Waals surface area contributed by atoms with E-state index in [1.807, 2.05) is 68.4 Å². The van der Waals surface area contributed by atoms with Gasteiger partial charge >= 0.3 is 5.97 Å². The molecule has 3 aromatic carbocycles. The Kier molecular flexibility index (Phi) is 8.15. The van der Waals surface area contributed by atoms with Crippen LogP contribution in [0.4, 0.5) is 0 Å². The normalized spacial score (nSPS) is 14.2. The quantitative estimate of drug-likeness (QED) is 0.149. The molecule has 8 heteroatoms. The molecule has 174 valence electrons. The molecular formula is C26H20ClI2NO4. The van der Waals surface area contributed by atoms with Gasteiger partial charge in [0.25, 0.3) is 0 Å². The van der Waals surface area contributed by atoms with Gasteiger partial charge in [0.2, 0.25) is 5.90 Å². The van der Waals surface area contributed by atoms with Crippen molar-refractivity contribution >= 4 is 74.7 Å². The van der Waals surface area contributed by atoms with Crippen molar-refractivity contribution in [1.82, 2.24) is 0 Å². The van der Waals surface area contributed by atoms with Crippen molar-refractivity contribution in [3.8, 4) is 11.5 Å². The van der Waals surface area contributed by atoms with Crippen LogP contribution in [-0.2, 0) is 16.1 Å². The van der Waals surface area contributed by atoms with E-state index in [2.05, 4.69) is 50.2 Å². The van der Waals surface area contributed by atoms with E-state index in [9.17, 15) is 4.79 Å². The van der Waals surface area contributed by atoms with Crippen LogP contribution in [0.2, 0.25) is 5.02 Å².